The molecule has 3 heteroatoms. The minimum Gasteiger partial charge on any atom is -0.508 e. The summed E-state index contributed by atoms with van der Waals surface area (Å²) < 4.78 is 5.27. The maximum atomic E-state index is 10.2. The van der Waals surface area contributed by atoms with Gasteiger partial charge in [0.2, 0.25) is 0 Å². The Morgan fingerprint density at radius 3 is 2.18 bits per heavy atom. The van der Waals surface area contributed by atoms with E-state index in [1.807, 2.05) is 24.3 Å². The van der Waals surface area contributed by atoms with Gasteiger partial charge in [-0.1, -0.05) is 32.9 Å². The molecule has 22 heavy (non-hydrogen) atoms. The third-order valence-corrected chi connectivity index (χ3v) is 4.94. The third-order valence-electron chi connectivity index (χ3n) is 4.94. The molecule has 0 radical (unpaired) electrons. The van der Waals surface area contributed by atoms with Crippen LogP contribution >= 0.6 is 0 Å². The van der Waals surface area contributed by atoms with Gasteiger partial charge >= 0.3 is 0 Å². The molecule has 116 valence electrons. The molecule has 0 bridgehead atoms. The molecule has 0 saturated heterocycles. The van der Waals surface area contributed by atoms with Crippen LogP contribution in [0, 0.1) is 0 Å². The van der Waals surface area contributed by atoms with Crippen molar-refractivity contribution in [2.45, 2.75) is 38.0 Å². The van der Waals surface area contributed by atoms with Crippen molar-refractivity contribution < 1.29 is 14.9 Å². The zero-order valence-corrected chi connectivity index (χ0v) is 13.5. The van der Waals surface area contributed by atoms with E-state index in [1.54, 1.807) is 19.2 Å². The molecule has 0 saturated carbocycles. The normalized spacial score (nSPS) is 22.4. The van der Waals surface area contributed by atoms with Crippen LogP contribution in [0.25, 0.3) is 0 Å². The highest BCUT2D eigenvalue weighted by Gasteiger charge is 2.46. The minimum absolute atomic E-state index is 0.0110. The molecule has 2 N–H and O–H groups in total. The molecule has 1 aliphatic rings. The first kappa shape index (κ1) is 14.8. The van der Waals surface area contributed by atoms with E-state index < -0.39 is 0 Å². The Kier molecular flexibility index (Phi) is 3.13. The standard InChI is InChI=1S/C19H22O3/c1-18(2)11-19(3,12-5-7-13(20)8-6-12)15-9-16(21)17(22-4)10-14(15)18/h5-10,20-21H,11H2,1-4H3. The second kappa shape index (κ2) is 4.67. The van der Waals surface area contributed by atoms with Gasteiger partial charge in [-0.2, -0.15) is 0 Å². The Bertz CT molecular complexity index is 716. The Morgan fingerprint density at radius 1 is 0.955 bits per heavy atom. The molecular formula is C19H22O3. The van der Waals surface area contributed by atoms with E-state index in [9.17, 15) is 10.2 Å². The molecule has 1 aliphatic carbocycles. The van der Waals surface area contributed by atoms with Crippen LogP contribution in [0.1, 0.15) is 43.9 Å². The molecular weight excluding hydrogens is 276 g/mol. The van der Waals surface area contributed by atoms with Gasteiger partial charge in [-0.05, 0) is 52.8 Å². The van der Waals surface area contributed by atoms with Crippen molar-refractivity contribution in [2.24, 2.45) is 0 Å². The van der Waals surface area contributed by atoms with E-state index in [2.05, 4.69) is 20.8 Å². The lowest BCUT2D eigenvalue weighted by atomic mass is 9.75. The number of methoxy groups -OCH3 is 1. The van der Waals surface area contributed by atoms with Crippen molar-refractivity contribution in [3.05, 3.63) is 53.1 Å². The van der Waals surface area contributed by atoms with Gasteiger partial charge in [-0.25, -0.2) is 0 Å². The molecule has 0 aromatic heterocycles. The molecule has 0 aliphatic heterocycles. The van der Waals surface area contributed by atoms with Crippen LogP contribution < -0.4 is 4.74 Å². The molecule has 3 nitrogen and oxygen atoms in total. The second-order valence-electron chi connectivity index (χ2n) is 7.01. The summed E-state index contributed by atoms with van der Waals surface area (Å²) in [6.07, 6.45) is 0.937. The smallest absolute Gasteiger partial charge is 0.160 e. The van der Waals surface area contributed by atoms with Crippen LogP contribution in [0.2, 0.25) is 0 Å². The lowest BCUT2D eigenvalue weighted by Gasteiger charge is -2.28. The number of fused-ring (bicyclic) bond motifs is 1. The quantitative estimate of drug-likeness (QED) is 0.878. The highest BCUT2D eigenvalue weighted by atomic mass is 16.5. The summed E-state index contributed by atoms with van der Waals surface area (Å²) in [4.78, 5) is 0. The first-order valence-electron chi connectivity index (χ1n) is 7.49. The fourth-order valence-corrected chi connectivity index (χ4v) is 3.91. The maximum absolute atomic E-state index is 10.2. The number of aromatic hydroxyl groups is 2. The van der Waals surface area contributed by atoms with E-state index in [4.69, 9.17) is 4.74 Å². The fraction of sp³-hybridized carbons (Fsp3) is 0.368. The Hall–Kier alpha value is -2.16. The van der Waals surface area contributed by atoms with Gasteiger partial charge in [0.25, 0.3) is 0 Å². The van der Waals surface area contributed by atoms with Gasteiger partial charge in [-0.3, -0.25) is 0 Å². The maximum Gasteiger partial charge on any atom is 0.160 e. The average molecular weight is 298 g/mol. The number of phenolic OH excluding ortho intramolecular Hbond substituents is 2. The number of benzene rings is 2. The molecule has 0 heterocycles. The summed E-state index contributed by atoms with van der Waals surface area (Å²) in [5, 5.41) is 19.7. The number of phenols is 2. The van der Waals surface area contributed by atoms with Crippen molar-refractivity contribution in [1.29, 1.82) is 0 Å². The van der Waals surface area contributed by atoms with Crippen LogP contribution in [-0.4, -0.2) is 17.3 Å². The summed E-state index contributed by atoms with van der Waals surface area (Å²) in [6.45, 7) is 6.63. The van der Waals surface area contributed by atoms with Gasteiger partial charge in [0.1, 0.15) is 5.75 Å². The zero-order valence-electron chi connectivity index (χ0n) is 13.5. The first-order chi connectivity index (χ1) is 10.3. The van der Waals surface area contributed by atoms with Gasteiger partial charge in [0.15, 0.2) is 11.5 Å². The van der Waals surface area contributed by atoms with Crippen LogP contribution in [0.3, 0.4) is 0 Å². The van der Waals surface area contributed by atoms with Gasteiger partial charge < -0.3 is 14.9 Å². The molecule has 0 fully saturated rings. The summed E-state index contributed by atoms with van der Waals surface area (Å²) in [6, 6.07) is 11.1. The second-order valence-corrected chi connectivity index (χ2v) is 7.01. The zero-order chi connectivity index (χ0) is 16.1. The fourth-order valence-electron chi connectivity index (χ4n) is 3.91. The van der Waals surface area contributed by atoms with E-state index in [1.165, 1.54) is 5.56 Å². The van der Waals surface area contributed by atoms with E-state index >= 15 is 0 Å². The van der Waals surface area contributed by atoms with E-state index in [-0.39, 0.29) is 22.3 Å². The molecule has 0 amide bonds. The average Bonchev–Trinajstić information content (AvgIpc) is 2.66. The van der Waals surface area contributed by atoms with Crippen LogP contribution in [0.5, 0.6) is 17.2 Å². The third kappa shape index (κ3) is 2.04. The van der Waals surface area contributed by atoms with Crippen molar-refractivity contribution in [3.8, 4) is 17.2 Å². The van der Waals surface area contributed by atoms with E-state index in [0.29, 0.717) is 5.75 Å². The topological polar surface area (TPSA) is 49.7 Å². The first-order valence-corrected chi connectivity index (χ1v) is 7.49. The minimum atomic E-state index is -0.198. The summed E-state index contributed by atoms with van der Waals surface area (Å²) in [5.74, 6) is 0.952. The van der Waals surface area contributed by atoms with Crippen molar-refractivity contribution in [1.82, 2.24) is 0 Å². The number of ether oxygens (including phenoxy) is 1. The lowest BCUT2D eigenvalue weighted by Crippen LogP contribution is -2.23. The van der Waals surface area contributed by atoms with Gasteiger partial charge in [-0.15, -0.1) is 0 Å². The molecule has 1 atom stereocenters. The molecule has 0 spiro atoms. The highest BCUT2D eigenvalue weighted by molar-refractivity contribution is 5.58. The number of rotatable bonds is 2. The number of hydrogen-bond acceptors (Lipinski definition) is 3. The van der Waals surface area contributed by atoms with Gasteiger partial charge in [0, 0.05) is 5.41 Å². The Labute approximate surface area is 131 Å². The molecule has 2 aromatic carbocycles. The van der Waals surface area contributed by atoms with E-state index in [0.717, 1.165) is 17.5 Å². The van der Waals surface area contributed by atoms with Crippen molar-refractivity contribution >= 4 is 0 Å². The van der Waals surface area contributed by atoms with Crippen molar-refractivity contribution in [3.63, 3.8) is 0 Å². The van der Waals surface area contributed by atoms with Gasteiger partial charge in [0.05, 0.1) is 7.11 Å². The molecule has 3 rings (SSSR count). The highest BCUT2D eigenvalue weighted by Crippen LogP contribution is 2.55. The SMILES string of the molecule is COc1cc2c(cc1O)C(C)(c1ccc(O)cc1)CC2(C)C. The Balaban J connectivity index is 2.22. The molecule has 2 aromatic rings. The monoisotopic (exact) mass is 298 g/mol. The number of hydrogen-bond donors (Lipinski definition) is 2. The largest absolute Gasteiger partial charge is 0.508 e. The van der Waals surface area contributed by atoms with Crippen LogP contribution in [-0.2, 0) is 10.8 Å². The molecule has 1 unspecified atom stereocenters. The summed E-state index contributed by atoms with van der Waals surface area (Å²) in [5.41, 5.74) is 3.26. The van der Waals surface area contributed by atoms with Crippen LogP contribution in [0.4, 0.5) is 0 Å². The van der Waals surface area contributed by atoms with Crippen LogP contribution in [0.15, 0.2) is 36.4 Å². The predicted octanol–water partition coefficient (Wildman–Crippen LogP) is 4.09. The predicted molar refractivity (Wildman–Crippen MR) is 86.9 cm³/mol. The van der Waals surface area contributed by atoms with Crippen molar-refractivity contribution in [2.75, 3.05) is 7.11 Å². The summed E-state index contributed by atoms with van der Waals surface area (Å²) in [7, 11) is 1.57. The lowest BCUT2D eigenvalue weighted by molar-refractivity contribution is 0.372. The summed E-state index contributed by atoms with van der Waals surface area (Å²) >= 11 is 0. The Morgan fingerprint density at radius 2 is 1.59 bits per heavy atom.